The lowest BCUT2D eigenvalue weighted by Crippen LogP contribution is -2.47. The molecule has 106 valence electrons. The Morgan fingerprint density at radius 3 is 2.95 bits per heavy atom. The van der Waals surface area contributed by atoms with Crippen molar-refractivity contribution in [3.05, 3.63) is 29.3 Å². The molecule has 0 saturated carbocycles. The molecule has 0 aromatic heterocycles. The van der Waals surface area contributed by atoms with Crippen LogP contribution in [0.1, 0.15) is 35.2 Å². The number of anilines is 1. The molecule has 2 heterocycles. The van der Waals surface area contributed by atoms with Crippen molar-refractivity contribution in [2.75, 3.05) is 18.4 Å². The van der Waals surface area contributed by atoms with Crippen LogP contribution in [0.4, 0.5) is 5.69 Å². The summed E-state index contributed by atoms with van der Waals surface area (Å²) in [6.07, 6.45) is 3.19. The third kappa shape index (κ3) is 2.61. The van der Waals surface area contributed by atoms with E-state index in [1.807, 2.05) is 18.2 Å². The molecular formula is C15H19N3O2. The molecule has 5 nitrogen and oxygen atoms in total. The zero-order valence-electron chi connectivity index (χ0n) is 11.4. The van der Waals surface area contributed by atoms with Crippen molar-refractivity contribution in [2.24, 2.45) is 0 Å². The fourth-order valence-electron chi connectivity index (χ4n) is 2.84. The van der Waals surface area contributed by atoms with E-state index < -0.39 is 0 Å². The molecule has 3 rings (SSSR count). The largest absolute Gasteiger partial charge is 0.385 e. The van der Waals surface area contributed by atoms with Gasteiger partial charge in [0.05, 0.1) is 0 Å². The summed E-state index contributed by atoms with van der Waals surface area (Å²) in [5.41, 5.74) is 2.93. The summed E-state index contributed by atoms with van der Waals surface area (Å²) >= 11 is 0. The van der Waals surface area contributed by atoms with Crippen molar-refractivity contribution in [2.45, 2.75) is 31.7 Å². The van der Waals surface area contributed by atoms with E-state index in [1.54, 1.807) is 0 Å². The van der Waals surface area contributed by atoms with Crippen LogP contribution in [0.25, 0.3) is 0 Å². The van der Waals surface area contributed by atoms with Gasteiger partial charge in [0.2, 0.25) is 5.91 Å². The second-order valence-electron chi connectivity index (χ2n) is 5.38. The molecule has 5 heteroatoms. The van der Waals surface area contributed by atoms with Crippen molar-refractivity contribution in [1.82, 2.24) is 10.6 Å². The predicted molar refractivity (Wildman–Crippen MR) is 76.8 cm³/mol. The molecule has 3 N–H and O–H groups in total. The van der Waals surface area contributed by atoms with Crippen molar-refractivity contribution in [3.8, 4) is 0 Å². The molecular weight excluding hydrogens is 254 g/mol. The lowest BCUT2D eigenvalue weighted by atomic mass is 9.96. The Morgan fingerprint density at radius 1 is 1.25 bits per heavy atom. The molecule has 1 aromatic rings. The first-order chi connectivity index (χ1) is 9.74. The van der Waals surface area contributed by atoms with Crippen molar-refractivity contribution < 1.29 is 9.59 Å². The SMILES string of the molecule is O=C1CCC(NC(=O)c2cccc3c2CCCN3)CN1. The lowest BCUT2D eigenvalue weighted by Gasteiger charge is -2.25. The number of piperidine rings is 1. The average Bonchev–Trinajstić information content (AvgIpc) is 2.49. The third-order valence-electron chi connectivity index (χ3n) is 3.94. The number of fused-ring (bicyclic) bond motifs is 1. The summed E-state index contributed by atoms with van der Waals surface area (Å²) in [6, 6.07) is 5.84. The fourth-order valence-corrected chi connectivity index (χ4v) is 2.84. The molecule has 1 fully saturated rings. The standard InChI is InChI=1S/C15H19N3O2/c19-14-7-6-10(9-17-14)18-15(20)12-3-1-5-13-11(12)4-2-8-16-13/h1,3,5,10,16H,2,4,6-9H2,(H,17,19)(H,18,20). The maximum absolute atomic E-state index is 12.4. The van der Waals surface area contributed by atoms with Crippen LogP contribution in [0.3, 0.4) is 0 Å². The highest BCUT2D eigenvalue weighted by Crippen LogP contribution is 2.25. The zero-order valence-corrected chi connectivity index (χ0v) is 11.4. The Hall–Kier alpha value is -2.04. The van der Waals surface area contributed by atoms with E-state index in [0.29, 0.717) is 19.4 Å². The molecule has 1 saturated heterocycles. The average molecular weight is 273 g/mol. The summed E-state index contributed by atoms with van der Waals surface area (Å²) in [4.78, 5) is 23.5. The Morgan fingerprint density at radius 2 is 2.15 bits per heavy atom. The van der Waals surface area contributed by atoms with Crippen LogP contribution in [0.15, 0.2) is 18.2 Å². The van der Waals surface area contributed by atoms with Gasteiger partial charge >= 0.3 is 0 Å². The van der Waals surface area contributed by atoms with E-state index in [2.05, 4.69) is 16.0 Å². The van der Waals surface area contributed by atoms with Crippen molar-refractivity contribution in [1.29, 1.82) is 0 Å². The molecule has 0 spiro atoms. The second-order valence-corrected chi connectivity index (χ2v) is 5.38. The Bertz CT molecular complexity index is 532. The highest BCUT2D eigenvalue weighted by Gasteiger charge is 2.22. The lowest BCUT2D eigenvalue weighted by molar-refractivity contribution is -0.122. The number of amides is 2. The second kappa shape index (κ2) is 5.53. The molecule has 1 aromatic carbocycles. The molecule has 20 heavy (non-hydrogen) atoms. The van der Waals surface area contributed by atoms with Crippen molar-refractivity contribution in [3.63, 3.8) is 0 Å². The van der Waals surface area contributed by atoms with Gasteiger partial charge in [0.25, 0.3) is 5.91 Å². The van der Waals surface area contributed by atoms with Gasteiger partial charge in [0, 0.05) is 36.8 Å². The summed E-state index contributed by atoms with van der Waals surface area (Å²) in [6.45, 7) is 1.49. The quantitative estimate of drug-likeness (QED) is 0.754. The normalized spacial score (nSPS) is 21.4. The predicted octanol–water partition coefficient (Wildman–Crippen LogP) is 1.05. The van der Waals surface area contributed by atoms with Gasteiger partial charge in [-0.25, -0.2) is 0 Å². The first-order valence-electron chi connectivity index (χ1n) is 7.17. The zero-order chi connectivity index (χ0) is 13.9. The van der Waals surface area contributed by atoms with Crippen LogP contribution in [-0.4, -0.2) is 30.9 Å². The van der Waals surface area contributed by atoms with E-state index >= 15 is 0 Å². The number of hydrogen-bond acceptors (Lipinski definition) is 3. The van der Waals surface area contributed by atoms with Gasteiger partial charge in [0.1, 0.15) is 0 Å². The van der Waals surface area contributed by atoms with Crippen molar-refractivity contribution >= 4 is 17.5 Å². The number of nitrogens with one attached hydrogen (secondary N) is 3. The van der Waals surface area contributed by atoms with Crippen LogP contribution in [0, 0.1) is 0 Å². The van der Waals surface area contributed by atoms with Gasteiger partial charge in [-0.3, -0.25) is 9.59 Å². The Labute approximate surface area is 118 Å². The number of carbonyl (C=O) groups is 2. The van der Waals surface area contributed by atoms with Crippen LogP contribution in [0.5, 0.6) is 0 Å². The van der Waals surface area contributed by atoms with Gasteiger partial charge in [-0.2, -0.15) is 0 Å². The summed E-state index contributed by atoms with van der Waals surface area (Å²) < 4.78 is 0. The van der Waals surface area contributed by atoms with Gasteiger partial charge in [0.15, 0.2) is 0 Å². The van der Waals surface area contributed by atoms with E-state index in [9.17, 15) is 9.59 Å². The van der Waals surface area contributed by atoms with E-state index in [4.69, 9.17) is 0 Å². The maximum Gasteiger partial charge on any atom is 0.251 e. The minimum absolute atomic E-state index is 0.0348. The first-order valence-corrected chi connectivity index (χ1v) is 7.17. The molecule has 0 aliphatic carbocycles. The topological polar surface area (TPSA) is 70.2 Å². The third-order valence-corrected chi connectivity index (χ3v) is 3.94. The molecule has 2 aliphatic rings. The smallest absolute Gasteiger partial charge is 0.251 e. The summed E-state index contributed by atoms with van der Waals surface area (Å²) in [7, 11) is 0. The maximum atomic E-state index is 12.4. The molecule has 0 bridgehead atoms. The van der Waals surface area contributed by atoms with E-state index in [1.165, 1.54) is 0 Å². The van der Waals surface area contributed by atoms with Crippen LogP contribution >= 0.6 is 0 Å². The minimum Gasteiger partial charge on any atom is -0.385 e. The van der Waals surface area contributed by atoms with Gasteiger partial charge in [-0.05, 0) is 37.0 Å². The highest BCUT2D eigenvalue weighted by atomic mass is 16.2. The highest BCUT2D eigenvalue weighted by molar-refractivity contribution is 5.97. The van der Waals surface area contributed by atoms with E-state index in [-0.39, 0.29) is 17.9 Å². The summed E-state index contributed by atoms with van der Waals surface area (Å²) in [5.74, 6) is 0.0310. The number of rotatable bonds is 2. The summed E-state index contributed by atoms with van der Waals surface area (Å²) in [5, 5.41) is 9.14. The van der Waals surface area contributed by atoms with Gasteiger partial charge < -0.3 is 16.0 Å². The Kier molecular flexibility index (Phi) is 3.58. The van der Waals surface area contributed by atoms with Gasteiger partial charge in [-0.15, -0.1) is 0 Å². The molecule has 0 radical (unpaired) electrons. The van der Waals surface area contributed by atoms with Crippen LogP contribution < -0.4 is 16.0 Å². The van der Waals surface area contributed by atoms with Gasteiger partial charge in [-0.1, -0.05) is 6.07 Å². The molecule has 1 atom stereocenters. The molecule has 2 amide bonds. The Balaban J connectivity index is 1.72. The first kappa shape index (κ1) is 13.0. The number of hydrogen-bond donors (Lipinski definition) is 3. The van der Waals surface area contributed by atoms with Crippen LogP contribution in [-0.2, 0) is 11.2 Å². The number of carbonyl (C=O) groups excluding carboxylic acids is 2. The molecule has 2 aliphatic heterocycles. The molecule has 1 unspecified atom stereocenters. The minimum atomic E-state index is -0.0355. The number of benzene rings is 1. The monoisotopic (exact) mass is 273 g/mol. The van der Waals surface area contributed by atoms with E-state index in [0.717, 1.165) is 36.2 Å². The fraction of sp³-hybridized carbons (Fsp3) is 0.467. The van der Waals surface area contributed by atoms with Crippen LogP contribution in [0.2, 0.25) is 0 Å².